The van der Waals surface area contributed by atoms with Crippen molar-refractivity contribution in [2.45, 2.75) is 23.6 Å². The number of hydrogen-bond acceptors (Lipinski definition) is 8. The van der Waals surface area contributed by atoms with E-state index in [0.717, 1.165) is 52.4 Å². The number of likely N-dealkylation sites (N-methyl/N-ethyl adjacent to an activating group) is 1. The van der Waals surface area contributed by atoms with Crippen LogP contribution < -0.4 is 5.32 Å². The molecule has 1 aromatic carbocycles. The first-order valence-corrected chi connectivity index (χ1v) is 10.4. The molecule has 9 heteroatoms. The molecule has 1 aliphatic rings. The molecule has 0 bridgehead atoms. The second kappa shape index (κ2) is 9.16. The summed E-state index contributed by atoms with van der Waals surface area (Å²) in [6, 6.07) is 8.32. The number of nitrogens with one attached hydrogen (secondary N) is 1. The molecule has 144 valence electrons. The van der Waals surface area contributed by atoms with Gasteiger partial charge in [0, 0.05) is 35.7 Å². The SMILES string of the molecule is Cc1nc(CSc2ccccc2-c2nc(C3CNCCN3C)no2)cs1.Cl. The lowest BCUT2D eigenvalue weighted by molar-refractivity contribution is 0.190. The molecule has 0 radical (unpaired) electrons. The highest BCUT2D eigenvalue weighted by Gasteiger charge is 2.26. The number of nitrogens with zero attached hydrogens (tertiary/aromatic N) is 4. The molecule has 0 spiro atoms. The summed E-state index contributed by atoms with van der Waals surface area (Å²) in [5.41, 5.74) is 2.09. The lowest BCUT2D eigenvalue weighted by Gasteiger charge is -2.30. The van der Waals surface area contributed by atoms with Gasteiger partial charge in [-0.3, -0.25) is 4.90 Å². The van der Waals surface area contributed by atoms with Gasteiger partial charge < -0.3 is 9.84 Å². The van der Waals surface area contributed by atoms with E-state index in [0.29, 0.717) is 5.89 Å². The van der Waals surface area contributed by atoms with Crippen LogP contribution >= 0.6 is 35.5 Å². The fourth-order valence-electron chi connectivity index (χ4n) is 2.97. The number of halogens is 1. The third-order valence-electron chi connectivity index (χ3n) is 4.41. The molecule has 6 nitrogen and oxygen atoms in total. The van der Waals surface area contributed by atoms with Crippen molar-refractivity contribution in [2.75, 3.05) is 26.7 Å². The van der Waals surface area contributed by atoms with Gasteiger partial charge in [-0.25, -0.2) is 4.98 Å². The van der Waals surface area contributed by atoms with Gasteiger partial charge in [0.1, 0.15) is 0 Å². The Hall–Kier alpha value is -1.45. The number of aryl methyl sites for hydroxylation is 1. The smallest absolute Gasteiger partial charge is 0.259 e. The van der Waals surface area contributed by atoms with Crippen LogP contribution in [0.3, 0.4) is 0 Å². The van der Waals surface area contributed by atoms with Crippen molar-refractivity contribution in [2.24, 2.45) is 0 Å². The second-order valence-corrected chi connectivity index (χ2v) is 8.38. The summed E-state index contributed by atoms with van der Waals surface area (Å²) in [4.78, 5) is 12.6. The molecule has 27 heavy (non-hydrogen) atoms. The van der Waals surface area contributed by atoms with Gasteiger partial charge in [0.15, 0.2) is 5.82 Å². The summed E-state index contributed by atoms with van der Waals surface area (Å²) < 4.78 is 5.61. The average molecular weight is 424 g/mol. The van der Waals surface area contributed by atoms with Crippen LogP contribution in [0.5, 0.6) is 0 Å². The third-order valence-corrected chi connectivity index (χ3v) is 6.34. The van der Waals surface area contributed by atoms with Crippen LogP contribution in [0.2, 0.25) is 0 Å². The van der Waals surface area contributed by atoms with E-state index in [1.807, 2.05) is 25.1 Å². The van der Waals surface area contributed by atoms with Gasteiger partial charge in [0.25, 0.3) is 5.89 Å². The Bertz CT molecular complexity index is 884. The number of thioether (sulfide) groups is 1. The molecule has 1 unspecified atom stereocenters. The van der Waals surface area contributed by atoms with Gasteiger partial charge in [0.2, 0.25) is 0 Å². The van der Waals surface area contributed by atoms with Crippen LogP contribution in [0.1, 0.15) is 22.6 Å². The van der Waals surface area contributed by atoms with E-state index < -0.39 is 0 Å². The zero-order valence-electron chi connectivity index (χ0n) is 15.2. The minimum Gasteiger partial charge on any atom is -0.334 e. The number of rotatable bonds is 5. The second-order valence-electron chi connectivity index (χ2n) is 6.30. The molecule has 1 aliphatic heterocycles. The summed E-state index contributed by atoms with van der Waals surface area (Å²) in [6.07, 6.45) is 0. The number of benzene rings is 1. The van der Waals surface area contributed by atoms with Crippen LogP contribution in [0.15, 0.2) is 39.1 Å². The van der Waals surface area contributed by atoms with Crippen molar-refractivity contribution in [1.82, 2.24) is 25.3 Å². The molecular formula is C18H22ClN5OS2. The van der Waals surface area contributed by atoms with E-state index in [1.165, 1.54) is 0 Å². The first-order valence-electron chi connectivity index (χ1n) is 8.58. The summed E-state index contributed by atoms with van der Waals surface area (Å²) in [5.74, 6) is 2.15. The third kappa shape index (κ3) is 4.70. The topological polar surface area (TPSA) is 67.1 Å². The van der Waals surface area contributed by atoms with Gasteiger partial charge in [-0.2, -0.15) is 4.98 Å². The largest absolute Gasteiger partial charge is 0.334 e. The molecule has 3 aromatic rings. The Kier molecular flexibility index (Phi) is 6.88. The molecule has 1 N–H and O–H groups in total. The van der Waals surface area contributed by atoms with Crippen molar-refractivity contribution in [3.8, 4) is 11.5 Å². The Morgan fingerprint density at radius 1 is 1.33 bits per heavy atom. The van der Waals surface area contributed by atoms with Gasteiger partial charge in [-0.15, -0.1) is 35.5 Å². The van der Waals surface area contributed by atoms with Crippen molar-refractivity contribution < 1.29 is 4.52 Å². The fourth-order valence-corrected chi connectivity index (χ4v) is 4.62. The lowest BCUT2D eigenvalue weighted by Crippen LogP contribution is -2.44. The van der Waals surface area contributed by atoms with E-state index in [9.17, 15) is 0 Å². The maximum atomic E-state index is 5.61. The highest BCUT2D eigenvalue weighted by molar-refractivity contribution is 7.98. The molecule has 0 aliphatic carbocycles. The zero-order valence-corrected chi connectivity index (χ0v) is 17.7. The van der Waals surface area contributed by atoms with Crippen molar-refractivity contribution in [1.29, 1.82) is 0 Å². The summed E-state index contributed by atoms with van der Waals surface area (Å²) in [5, 5.41) is 10.8. The predicted molar refractivity (Wildman–Crippen MR) is 112 cm³/mol. The van der Waals surface area contributed by atoms with Gasteiger partial charge in [-0.05, 0) is 26.1 Å². The first-order chi connectivity index (χ1) is 12.7. The number of aromatic nitrogens is 3. The molecule has 1 fully saturated rings. The standard InChI is InChI=1S/C18H21N5OS2.ClH/c1-12-20-13(10-25-12)11-26-16-6-4-3-5-14(16)18-21-17(22-24-18)15-9-19-7-8-23(15)2;/h3-6,10,15,19H,7-9,11H2,1-2H3;1H. The normalized spacial score (nSPS) is 17.6. The van der Waals surface area contributed by atoms with Crippen LogP contribution in [0, 0.1) is 6.92 Å². The Morgan fingerprint density at radius 3 is 2.96 bits per heavy atom. The fraction of sp³-hybridized carbons (Fsp3) is 0.389. The van der Waals surface area contributed by atoms with Gasteiger partial charge in [-0.1, -0.05) is 17.3 Å². The monoisotopic (exact) mass is 423 g/mol. The Balaban J connectivity index is 0.00000210. The van der Waals surface area contributed by atoms with E-state index >= 15 is 0 Å². The van der Waals surface area contributed by atoms with E-state index in [2.05, 4.69) is 43.8 Å². The number of piperazine rings is 1. The van der Waals surface area contributed by atoms with Gasteiger partial charge in [0.05, 0.1) is 22.3 Å². The zero-order chi connectivity index (χ0) is 17.9. The Labute approximate surface area is 173 Å². The van der Waals surface area contributed by atoms with Crippen LogP contribution in [-0.2, 0) is 5.75 Å². The summed E-state index contributed by atoms with van der Waals surface area (Å²) in [6.45, 7) is 4.85. The molecule has 2 aromatic heterocycles. The van der Waals surface area contributed by atoms with Gasteiger partial charge >= 0.3 is 0 Å². The van der Waals surface area contributed by atoms with E-state index in [4.69, 9.17) is 4.52 Å². The highest BCUT2D eigenvalue weighted by Crippen LogP contribution is 2.33. The summed E-state index contributed by atoms with van der Waals surface area (Å²) in [7, 11) is 2.10. The maximum Gasteiger partial charge on any atom is 0.259 e. The maximum absolute atomic E-state index is 5.61. The van der Waals surface area contributed by atoms with Crippen molar-refractivity contribution in [3.05, 3.63) is 46.2 Å². The lowest BCUT2D eigenvalue weighted by atomic mass is 10.2. The Morgan fingerprint density at radius 2 is 2.19 bits per heavy atom. The van der Waals surface area contributed by atoms with Crippen LogP contribution in [0.4, 0.5) is 0 Å². The molecule has 0 saturated carbocycles. The van der Waals surface area contributed by atoms with Crippen molar-refractivity contribution >= 4 is 35.5 Å². The quantitative estimate of drug-likeness (QED) is 0.626. The molecule has 4 rings (SSSR count). The minimum absolute atomic E-state index is 0. The molecule has 3 heterocycles. The van der Waals surface area contributed by atoms with Crippen LogP contribution in [-0.4, -0.2) is 46.7 Å². The molecular weight excluding hydrogens is 402 g/mol. The molecule has 1 atom stereocenters. The highest BCUT2D eigenvalue weighted by atomic mass is 35.5. The minimum atomic E-state index is 0. The van der Waals surface area contributed by atoms with E-state index in [1.54, 1.807) is 23.1 Å². The van der Waals surface area contributed by atoms with E-state index in [-0.39, 0.29) is 18.4 Å². The van der Waals surface area contributed by atoms with Crippen LogP contribution in [0.25, 0.3) is 11.5 Å². The first kappa shape index (κ1) is 20.3. The molecule has 0 amide bonds. The molecule has 1 saturated heterocycles. The van der Waals surface area contributed by atoms with Crippen molar-refractivity contribution in [3.63, 3.8) is 0 Å². The summed E-state index contributed by atoms with van der Waals surface area (Å²) >= 11 is 3.43. The number of hydrogen-bond donors (Lipinski definition) is 1. The number of thiazole rings is 1. The predicted octanol–water partition coefficient (Wildman–Crippen LogP) is 3.79. The average Bonchev–Trinajstić information content (AvgIpc) is 3.30.